The van der Waals surface area contributed by atoms with E-state index in [1.807, 2.05) is 26.8 Å². The van der Waals surface area contributed by atoms with Crippen LogP contribution in [0.5, 0.6) is 0 Å². The zero-order valence-electron chi connectivity index (χ0n) is 15.4. The SMILES string of the molecule is CC(C)(C)OC(=O)N1CCC(Nc2cccc(F)c2-c2ccco2)CC1. The zero-order valence-corrected chi connectivity index (χ0v) is 15.4. The van der Waals surface area contributed by atoms with E-state index in [1.54, 1.807) is 23.1 Å². The quantitative estimate of drug-likeness (QED) is 0.846. The molecule has 0 bridgehead atoms. The van der Waals surface area contributed by atoms with Crippen LogP contribution in [0, 0.1) is 5.82 Å². The largest absolute Gasteiger partial charge is 0.464 e. The molecule has 0 radical (unpaired) electrons. The summed E-state index contributed by atoms with van der Waals surface area (Å²) in [7, 11) is 0. The molecule has 1 aliphatic rings. The van der Waals surface area contributed by atoms with E-state index >= 15 is 0 Å². The molecule has 5 nitrogen and oxygen atoms in total. The second kappa shape index (κ2) is 7.40. The van der Waals surface area contributed by atoms with Crippen LogP contribution in [0.1, 0.15) is 33.6 Å². The number of piperidine rings is 1. The molecule has 3 rings (SSSR count). The van der Waals surface area contributed by atoms with Crippen molar-refractivity contribution in [3.63, 3.8) is 0 Å². The Hall–Kier alpha value is -2.50. The number of nitrogens with one attached hydrogen (secondary N) is 1. The Morgan fingerprint density at radius 3 is 2.58 bits per heavy atom. The maximum absolute atomic E-state index is 14.3. The average Bonchev–Trinajstić information content (AvgIpc) is 3.08. The van der Waals surface area contributed by atoms with Crippen LogP contribution in [-0.2, 0) is 4.74 Å². The summed E-state index contributed by atoms with van der Waals surface area (Å²) in [5, 5.41) is 3.41. The molecule has 2 aromatic rings. The molecule has 0 aliphatic carbocycles. The minimum Gasteiger partial charge on any atom is -0.464 e. The van der Waals surface area contributed by atoms with Crippen molar-refractivity contribution in [1.82, 2.24) is 4.90 Å². The first-order chi connectivity index (χ1) is 12.3. The number of rotatable bonds is 3. The summed E-state index contributed by atoms with van der Waals surface area (Å²) < 4.78 is 25.1. The van der Waals surface area contributed by atoms with E-state index in [0.29, 0.717) is 30.1 Å². The topological polar surface area (TPSA) is 54.7 Å². The number of hydrogen-bond donors (Lipinski definition) is 1. The van der Waals surface area contributed by atoms with Crippen molar-refractivity contribution in [1.29, 1.82) is 0 Å². The lowest BCUT2D eigenvalue weighted by molar-refractivity contribution is 0.0210. The van der Waals surface area contributed by atoms with Crippen molar-refractivity contribution in [2.75, 3.05) is 18.4 Å². The van der Waals surface area contributed by atoms with Gasteiger partial charge < -0.3 is 19.4 Å². The number of carbonyl (C=O) groups excluding carboxylic acids is 1. The minimum atomic E-state index is -0.494. The van der Waals surface area contributed by atoms with Crippen LogP contribution < -0.4 is 5.32 Å². The molecule has 0 saturated carbocycles. The van der Waals surface area contributed by atoms with E-state index in [0.717, 1.165) is 12.8 Å². The van der Waals surface area contributed by atoms with Crippen LogP contribution in [0.4, 0.5) is 14.9 Å². The molecule has 1 amide bonds. The van der Waals surface area contributed by atoms with Gasteiger partial charge in [0.2, 0.25) is 0 Å². The first-order valence-corrected chi connectivity index (χ1v) is 8.90. The highest BCUT2D eigenvalue weighted by Crippen LogP contribution is 2.32. The van der Waals surface area contributed by atoms with E-state index < -0.39 is 5.60 Å². The van der Waals surface area contributed by atoms with Crippen molar-refractivity contribution in [2.45, 2.75) is 45.3 Å². The second-order valence-corrected chi connectivity index (χ2v) is 7.53. The summed E-state index contributed by atoms with van der Waals surface area (Å²) in [6, 6.07) is 8.60. The molecular weight excluding hydrogens is 335 g/mol. The summed E-state index contributed by atoms with van der Waals surface area (Å²) in [5.74, 6) is 0.174. The summed E-state index contributed by atoms with van der Waals surface area (Å²) >= 11 is 0. The first-order valence-electron chi connectivity index (χ1n) is 8.90. The highest BCUT2D eigenvalue weighted by Gasteiger charge is 2.27. The molecule has 0 atom stereocenters. The summed E-state index contributed by atoms with van der Waals surface area (Å²) in [4.78, 5) is 13.9. The third-order valence-corrected chi connectivity index (χ3v) is 4.29. The Morgan fingerprint density at radius 2 is 1.96 bits per heavy atom. The van der Waals surface area contributed by atoms with Gasteiger partial charge in [-0.15, -0.1) is 0 Å². The Labute approximate surface area is 153 Å². The molecule has 1 N–H and O–H groups in total. The molecule has 140 valence electrons. The molecule has 0 unspecified atom stereocenters. The number of furan rings is 1. The van der Waals surface area contributed by atoms with Gasteiger partial charge in [-0.05, 0) is 57.9 Å². The zero-order chi connectivity index (χ0) is 18.7. The molecule has 1 aliphatic heterocycles. The Balaban J connectivity index is 1.64. The molecule has 1 aromatic heterocycles. The van der Waals surface area contributed by atoms with E-state index in [-0.39, 0.29) is 18.0 Å². The van der Waals surface area contributed by atoms with E-state index in [4.69, 9.17) is 9.15 Å². The van der Waals surface area contributed by atoms with E-state index in [9.17, 15) is 9.18 Å². The number of hydrogen-bond acceptors (Lipinski definition) is 4. The highest BCUT2D eigenvalue weighted by atomic mass is 19.1. The highest BCUT2D eigenvalue weighted by molar-refractivity contribution is 5.75. The fourth-order valence-electron chi connectivity index (χ4n) is 3.07. The Morgan fingerprint density at radius 1 is 1.23 bits per heavy atom. The van der Waals surface area contributed by atoms with Crippen LogP contribution in [-0.4, -0.2) is 35.7 Å². The fraction of sp³-hybridized carbons (Fsp3) is 0.450. The lowest BCUT2D eigenvalue weighted by atomic mass is 10.0. The van der Waals surface area contributed by atoms with Crippen molar-refractivity contribution >= 4 is 11.8 Å². The molecule has 0 spiro atoms. The van der Waals surface area contributed by atoms with Gasteiger partial charge in [-0.3, -0.25) is 0 Å². The molecular formula is C20H25FN2O3. The van der Waals surface area contributed by atoms with Gasteiger partial charge in [0.15, 0.2) is 0 Å². The van der Waals surface area contributed by atoms with Gasteiger partial charge in [0.05, 0.1) is 11.8 Å². The Kier molecular flexibility index (Phi) is 5.20. The number of likely N-dealkylation sites (tertiary alicyclic amines) is 1. The predicted octanol–water partition coefficient (Wildman–Crippen LogP) is 4.90. The number of carbonyl (C=O) groups is 1. The maximum Gasteiger partial charge on any atom is 0.410 e. The van der Waals surface area contributed by atoms with Crippen molar-refractivity contribution in [3.8, 4) is 11.3 Å². The lowest BCUT2D eigenvalue weighted by Gasteiger charge is -2.34. The van der Waals surface area contributed by atoms with Gasteiger partial charge in [-0.1, -0.05) is 6.07 Å². The number of amides is 1. The summed E-state index contributed by atoms with van der Waals surface area (Å²) in [5.41, 5.74) is 0.647. The van der Waals surface area contributed by atoms with E-state index in [1.165, 1.54) is 12.3 Å². The normalized spacial score (nSPS) is 15.8. The molecule has 6 heteroatoms. The molecule has 1 aromatic carbocycles. The molecule has 2 heterocycles. The summed E-state index contributed by atoms with van der Waals surface area (Å²) in [6.45, 7) is 6.80. The van der Waals surface area contributed by atoms with Crippen LogP contribution in [0.2, 0.25) is 0 Å². The summed E-state index contributed by atoms with van der Waals surface area (Å²) in [6.07, 6.45) is 2.80. The number of halogens is 1. The lowest BCUT2D eigenvalue weighted by Crippen LogP contribution is -2.44. The van der Waals surface area contributed by atoms with Gasteiger partial charge in [-0.2, -0.15) is 0 Å². The van der Waals surface area contributed by atoms with Gasteiger partial charge in [0.25, 0.3) is 0 Å². The van der Waals surface area contributed by atoms with Gasteiger partial charge in [0.1, 0.15) is 17.2 Å². The molecule has 1 fully saturated rings. The number of anilines is 1. The number of ether oxygens (including phenoxy) is 1. The molecule has 1 saturated heterocycles. The van der Waals surface area contributed by atoms with Crippen LogP contribution in [0.3, 0.4) is 0 Å². The third kappa shape index (κ3) is 4.36. The van der Waals surface area contributed by atoms with E-state index in [2.05, 4.69) is 5.32 Å². The Bertz CT molecular complexity index is 745. The van der Waals surface area contributed by atoms with Crippen molar-refractivity contribution in [3.05, 3.63) is 42.4 Å². The number of nitrogens with zero attached hydrogens (tertiary/aromatic N) is 1. The van der Waals surface area contributed by atoms with Crippen LogP contribution >= 0.6 is 0 Å². The minimum absolute atomic E-state index is 0.157. The van der Waals surface area contributed by atoms with Gasteiger partial charge in [-0.25, -0.2) is 9.18 Å². The van der Waals surface area contributed by atoms with Gasteiger partial charge in [0, 0.05) is 24.8 Å². The number of benzene rings is 1. The van der Waals surface area contributed by atoms with Crippen molar-refractivity contribution < 1.29 is 18.3 Å². The monoisotopic (exact) mass is 360 g/mol. The van der Waals surface area contributed by atoms with Crippen LogP contribution in [0.25, 0.3) is 11.3 Å². The second-order valence-electron chi connectivity index (χ2n) is 7.53. The van der Waals surface area contributed by atoms with Gasteiger partial charge >= 0.3 is 6.09 Å². The van der Waals surface area contributed by atoms with Crippen molar-refractivity contribution in [2.24, 2.45) is 0 Å². The molecule has 26 heavy (non-hydrogen) atoms. The fourth-order valence-corrected chi connectivity index (χ4v) is 3.07. The first kappa shape index (κ1) is 18.3. The third-order valence-electron chi connectivity index (χ3n) is 4.29. The standard InChI is InChI=1S/C20H25FN2O3/c1-20(2,3)26-19(24)23-11-9-14(10-12-23)22-16-7-4-6-15(21)18(16)17-8-5-13-25-17/h4-8,13-14,22H,9-12H2,1-3H3. The predicted molar refractivity (Wildman–Crippen MR) is 98.6 cm³/mol. The maximum atomic E-state index is 14.3. The smallest absolute Gasteiger partial charge is 0.410 e. The average molecular weight is 360 g/mol. The van der Waals surface area contributed by atoms with Crippen LogP contribution in [0.15, 0.2) is 41.0 Å².